The lowest BCUT2D eigenvalue weighted by atomic mass is 10.3. The van der Waals surface area contributed by atoms with Gasteiger partial charge in [0.1, 0.15) is 5.01 Å². The summed E-state index contributed by atoms with van der Waals surface area (Å²) in [6.45, 7) is 4.75. The Morgan fingerprint density at radius 1 is 1.25 bits per heavy atom. The van der Waals surface area contributed by atoms with Crippen molar-refractivity contribution in [3.8, 4) is 0 Å². The predicted molar refractivity (Wildman–Crippen MR) is 104 cm³/mol. The molecule has 0 saturated heterocycles. The summed E-state index contributed by atoms with van der Waals surface area (Å²) in [5.74, 6) is 0.825. The molecule has 1 aromatic heterocycles. The van der Waals surface area contributed by atoms with Crippen LogP contribution in [-0.4, -0.2) is 38.1 Å². The number of guanidine groups is 1. The Labute approximate surface area is 148 Å². The van der Waals surface area contributed by atoms with Crippen molar-refractivity contribution in [3.63, 3.8) is 0 Å². The lowest BCUT2D eigenvalue weighted by Crippen LogP contribution is -2.38. The minimum atomic E-state index is 0.717. The van der Waals surface area contributed by atoms with Gasteiger partial charge in [0.25, 0.3) is 0 Å². The Balaban J connectivity index is 1.66. The molecule has 0 spiro atoms. The van der Waals surface area contributed by atoms with Gasteiger partial charge in [-0.1, -0.05) is 25.1 Å². The van der Waals surface area contributed by atoms with Crippen molar-refractivity contribution >= 4 is 23.0 Å². The molecule has 0 aliphatic rings. The molecule has 130 valence electrons. The molecule has 2 N–H and O–H groups in total. The molecule has 0 aliphatic heterocycles. The van der Waals surface area contributed by atoms with Gasteiger partial charge in [0.05, 0.1) is 6.54 Å². The molecule has 1 heterocycles. The van der Waals surface area contributed by atoms with Gasteiger partial charge in [-0.3, -0.25) is 4.99 Å². The second-order valence-corrected chi connectivity index (χ2v) is 6.74. The zero-order valence-electron chi connectivity index (χ0n) is 14.7. The number of nitrogens with zero attached hydrogens (tertiary/aromatic N) is 3. The van der Waals surface area contributed by atoms with Gasteiger partial charge in [0.2, 0.25) is 0 Å². The van der Waals surface area contributed by atoms with E-state index in [1.165, 1.54) is 10.6 Å². The van der Waals surface area contributed by atoms with Gasteiger partial charge in [-0.25, -0.2) is 4.98 Å². The zero-order valence-corrected chi connectivity index (χ0v) is 15.6. The normalized spacial score (nSPS) is 11.4. The average Bonchev–Trinajstić information content (AvgIpc) is 3.09. The maximum absolute atomic E-state index is 4.41. The average molecular weight is 346 g/mol. The molecule has 2 aromatic rings. The highest BCUT2D eigenvalue weighted by atomic mass is 32.1. The molecule has 0 fully saturated rings. The van der Waals surface area contributed by atoms with Crippen molar-refractivity contribution < 1.29 is 0 Å². The number of para-hydroxylation sites is 1. The minimum Gasteiger partial charge on any atom is -0.375 e. The van der Waals surface area contributed by atoms with Gasteiger partial charge in [0.15, 0.2) is 5.96 Å². The van der Waals surface area contributed by atoms with Gasteiger partial charge < -0.3 is 15.5 Å². The van der Waals surface area contributed by atoms with Crippen molar-refractivity contribution in [2.75, 3.05) is 32.1 Å². The van der Waals surface area contributed by atoms with E-state index in [1.54, 1.807) is 18.4 Å². The van der Waals surface area contributed by atoms with Crippen LogP contribution in [0.4, 0.5) is 5.69 Å². The SMILES string of the molecule is CCc1cnc(CNC(=NC)NCCCN(C)c2ccccc2)s1. The van der Waals surface area contributed by atoms with Crippen molar-refractivity contribution in [3.05, 3.63) is 46.4 Å². The smallest absolute Gasteiger partial charge is 0.191 e. The number of aliphatic imine (C=N–C) groups is 1. The molecule has 0 bridgehead atoms. The number of hydrogen-bond donors (Lipinski definition) is 2. The third kappa shape index (κ3) is 5.85. The molecule has 1 aromatic carbocycles. The molecule has 0 saturated carbocycles. The van der Waals surface area contributed by atoms with Crippen LogP contribution in [0.1, 0.15) is 23.2 Å². The lowest BCUT2D eigenvalue weighted by Gasteiger charge is -2.19. The van der Waals surface area contributed by atoms with Crippen LogP contribution in [0, 0.1) is 0 Å². The summed E-state index contributed by atoms with van der Waals surface area (Å²) in [5.41, 5.74) is 1.25. The molecule has 0 radical (unpaired) electrons. The van der Waals surface area contributed by atoms with Crippen LogP contribution in [0.3, 0.4) is 0 Å². The van der Waals surface area contributed by atoms with Gasteiger partial charge in [0, 0.05) is 43.9 Å². The standard InChI is InChI=1S/C18H27N5S/c1-4-16-13-21-17(24-16)14-22-18(19-2)20-11-8-12-23(3)15-9-6-5-7-10-15/h5-7,9-10,13H,4,8,11-12,14H2,1-3H3,(H2,19,20,22). The first kappa shape index (κ1) is 18.3. The van der Waals surface area contributed by atoms with Gasteiger partial charge >= 0.3 is 0 Å². The van der Waals surface area contributed by atoms with E-state index in [9.17, 15) is 0 Å². The van der Waals surface area contributed by atoms with Crippen molar-refractivity contribution in [2.24, 2.45) is 4.99 Å². The van der Waals surface area contributed by atoms with Crippen LogP contribution in [-0.2, 0) is 13.0 Å². The number of anilines is 1. The summed E-state index contributed by atoms with van der Waals surface area (Å²) in [6, 6.07) is 10.4. The monoisotopic (exact) mass is 345 g/mol. The molecule has 5 nitrogen and oxygen atoms in total. The molecule has 2 rings (SSSR count). The molecule has 6 heteroatoms. The molecular formula is C18H27N5S. The lowest BCUT2D eigenvalue weighted by molar-refractivity contribution is 0.728. The van der Waals surface area contributed by atoms with Gasteiger partial charge in [-0.05, 0) is 25.0 Å². The Morgan fingerprint density at radius 3 is 2.71 bits per heavy atom. The van der Waals surface area contributed by atoms with E-state index < -0.39 is 0 Å². The maximum atomic E-state index is 4.41. The second-order valence-electron chi connectivity index (χ2n) is 5.54. The summed E-state index contributed by atoms with van der Waals surface area (Å²) >= 11 is 1.75. The fourth-order valence-electron chi connectivity index (χ4n) is 2.31. The topological polar surface area (TPSA) is 52.6 Å². The van der Waals surface area contributed by atoms with Crippen LogP contribution < -0.4 is 15.5 Å². The number of benzene rings is 1. The predicted octanol–water partition coefficient (Wildman–Crippen LogP) is 2.90. The number of aromatic nitrogens is 1. The molecule has 0 unspecified atom stereocenters. The first-order chi connectivity index (χ1) is 11.7. The van der Waals surface area contributed by atoms with E-state index in [4.69, 9.17) is 0 Å². The van der Waals surface area contributed by atoms with Crippen LogP contribution in [0.15, 0.2) is 41.5 Å². The highest BCUT2D eigenvalue weighted by Crippen LogP contribution is 2.13. The number of hydrogen-bond acceptors (Lipinski definition) is 4. The Kier molecular flexibility index (Phi) is 7.55. The van der Waals surface area contributed by atoms with E-state index >= 15 is 0 Å². The molecule has 0 amide bonds. The third-order valence-corrected chi connectivity index (χ3v) is 4.88. The van der Waals surface area contributed by atoms with E-state index in [1.807, 2.05) is 12.3 Å². The second kappa shape index (κ2) is 9.93. The molecule has 24 heavy (non-hydrogen) atoms. The Hall–Kier alpha value is -2.08. The zero-order chi connectivity index (χ0) is 17.2. The van der Waals surface area contributed by atoms with E-state index in [-0.39, 0.29) is 0 Å². The number of nitrogens with one attached hydrogen (secondary N) is 2. The highest BCUT2D eigenvalue weighted by Gasteiger charge is 2.03. The maximum Gasteiger partial charge on any atom is 0.191 e. The minimum absolute atomic E-state index is 0.717. The summed E-state index contributed by atoms with van der Waals surface area (Å²) in [7, 11) is 3.92. The van der Waals surface area contributed by atoms with Crippen LogP contribution in [0.25, 0.3) is 0 Å². The fourth-order valence-corrected chi connectivity index (χ4v) is 3.11. The van der Waals surface area contributed by atoms with Crippen LogP contribution in [0.2, 0.25) is 0 Å². The quantitative estimate of drug-likeness (QED) is 0.439. The summed E-state index contributed by atoms with van der Waals surface area (Å²) < 4.78 is 0. The Bertz CT molecular complexity index is 623. The first-order valence-corrected chi connectivity index (χ1v) is 9.19. The number of rotatable bonds is 8. The van der Waals surface area contributed by atoms with E-state index in [0.29, 0.717) is 6.54 Å². The van der Waals surface area contributed by atoms with Crippen molar-refractivity contribution in [1.29, 1.82) is 0 Å². The van der Waals surface area contributed by atoms with Crippen molar-refractivity contribution in [2.45, 2.75) is 26.3 Å². The number of thiazole rings is 1. The summed E-state index contributed by atoms with van der Waals surface area (Å²) in [6.07, 6.45) is 4.04. The largest absolute Gasteiger partial charge is 0.375 e. The van der Waals surface area contributed by atoms with E-state index in [0.717, 1.165) is 36.9 Å². The third-order valence-electron chi connectivity index (χ3n) is 3.74. The van der Waals surface area contributed by atoms with Gasteiger partial charge in [-0.15, -0.1) is 11.3 Å². The Morgan fingerprint density at radius 2 is 2.04 bits per heavy atom. The molecule has 0 atom stereocenters. The van der Waals surface area contributed by atoms with Crippen molar-refractivity contribution in [1.82, 2.24) is 15.6 Å². The first-order valence-electron chi connectivity index (χ1n) is 8.37. The molecule has 0 aliphatic carbocycles. The van der Waals surface area contributed by atoms with E-state index in [2.05, 4.69) is 63.7 Å². The molecular weight excluding hydrogens is 318 g/mol. The fraction of sp³-hybridized carbons (Fsp3) is 0.444. The van der Waals surface area contributed by atoms with Gasteiger partial charge in [-0.2, -0.15) is 0 Å². The van der Waals surface area contributed by atoms with Crippen LogP contribution >= 0.6 is 11.3 Å². The summed E-state index contributed by atoms with van der Waals surface area (Å²) in [4.78, 5) is 12.3. The van der Waals surface area contributed by atoms with Crippen LogP contribution in [0.5, 0.6) is 0 Å². The highest BCUT2D eigenvalue weighted by molar-refractivity contribution is 7.11. The number of aryl methyl sites for hydroxylation is 1. The summed E-state index contributed by atoms with van der Waals surface area (Å²) in [5, 5.41) is 7.77.